The SMILES string of the molecule is C[Si](C)(C)C[C]1([Hf]([CH3])([CH3])([CH3])([CH3])([SiH3])([SiH3])[C]2(C[Si](C)(C)C)C=CC=C2)C=CC=C1. The summed E-state index contributed by atoms with van der Waals surface area (Å²) in [5, 5.41) is 0. The van der Waals surface area contributed by atoms with Gasteiger partial charge in [-0.2, -0.15) is 0 Å². The van der Waals surface area contributed by atoms with E-state index < -0.39 is 28.6 Å². The van der Waals surface area contributed by atoms with Gasteiger partial charge in [-0.1, -0.05) is 0 Å². The van der Waals surface area contributed by atoms with Crippen LogP contribution < -0.4 is 0 Å². The van der Waals surface area contributed by atoms with E-state index in [9.17, 15) is 0 Å². The Labute approximate surface area is 167 Å². The maximum absolute atomic E-state index is 4.86. The van der Waals surface area contributed by atoms with Gasteiger partial charge in [0, 0.05) is 0 Å². The van der Waals surface area contributed by atoms with Gasteiger partial charge in [-0.25, -0.2) is 0 Å². The molecule has 156 valence electrons. The van der Waals surface area contributed by atoms with Gasteiger partial charge in [0.25, 0.3) is 0 Å². The number of hydrogen-bond donors (Lipinski definition) is 0. The third-order valence-corrected chi connectivity index (χ3v) is 92.9. The van der Waals surface area contributed by atoms with Crippen molar-refractivity contribution in [2.24, 2.45) is 0 Å². The Morgan fingerprint density at radius 2 is 0.815 bits per heavy atom. The maximum atomic E-state index is 2.91. The van der Waals surface area contributed by atoms with Gasteiger partial charge in [-0.3, -0.25) is 0 Å². The molecule has 2 aliphatic carbocycles. The van der Waals surface area contributed by atoms with Crippen LogP contribution in [0.25, 0.3) is 0 Å². The van der Waals surface area contributed by atoms with E-state index in [0.29, 0.717) is 0 Å². The molecule has 0 heterocycles. The molecule has 2 rings (SSSR count). The summed E-state index contributed by atoms with van der Waals surface area (Å²) in [6, 6.07) is 2.78. The van der Waals surface area contributed by atoms with Crippen molar-refractivity contribution in [3.05, 3.63) is 48.6 Å². The quantitative estimate of drug-likeness (QED) is 0.314. The molecule has 0 radical (unpaired) electrons. The van der Waals surface area contributed by atoms with Gasteiger partial charge < -0.3 is 0 Å². The van der Waals surface area contributed by atoms with E-state index >= 15 is 0 Å². The molecule has 5 heteroatoms. The summed E-state index contributed by atoms with van der Waals surface area (Å²) in [6.45, 7) is 15.5. The predicted molar refractivity (Wildman–Crippen MR) is 142 cm³/mol. The third kappa shape index (κ3) is 3.08. The zero-order chi connectivity index (χ0) is 21.4. The van der Waals surface area contributed by atoms with Gasteiger partial charge >= 0.3 is 168 Å². The fourth-order valence-electron chi connectivity index (χ4n) is 6.76. The monoisotopic (exact) mass is 604 g/mol. The molecule has 0 spiro atoms. The van der Waals surface area contributed by atoms with Crippen LogP contribution in [-0.2, 0) is 12.4 Å². The van der Waals surface area contributed by atoms with Gasteiger partial charge in [0.05, 0.1) is 0 Å². The van der Waals surface area contributed by atoms with Gasteiger partial charge in [0.2, 0.25) is 0 Å². The number of allylic oxidation sites excluding steroid dienone is 8. The Morgan fingerprint density at radius 1 is 0.593 bits per heavy atom. The molecule has 2 aliphatic rings. The van der Waals surface area contributed by atoms with Crippen LogP contribution in [-0.4, -0.2) is 31.0 Å². The van der Waals surface area contributed by atoms with E-state index in [0.717, 1.165) is 0 Å². The van der Waals surface area contributed by atoms with Gasteiger partial charge in [-0.15, -0.1) is 0 Å². The second kappa shape index (κ2) is 4.48. The molecule has 0 aromatic heterocycles. The summed E-state index contributed by atoms with van der Waals surface area (Å²) < 4.78 is 12.1. The first-order chi connectivity index (χ1) is 11.3. The minimum atomic E-state index is -4.86. The van der Waals surface area contributed by atoms with Crippen molar-refractivity contribution in [2.75, 3.05) is 0 Å². The van der Waals surface area contributed by atoms with Gasteiger partial charge in [-0.05, 0) is 0 Å². The fraction of sp³-hybridized carbons (Fsp3) is 0.636. The molecule has 0 nitrogen and oxygen atoms in total. The summed E-state index contributed by atoms with van der Waals surface area (Å²) in [5.74, 6) is 0. The molecule has 0 fully saturated rings. The molecule has 0 saturated carbocycles. The second-order valence-corrected chi connectivity index (χ2v) is 228. The van der Waals surface area contributed by atoms with Gasteiger partial charge in [0.1, 0.15) is 0 Å². The summed E-state index contributed by atoms with van der Waals surface area (Å²) in [5.41, 5.74) is 0. The van der Waals surface area contributed by atoms with Crippen molar-refractivity contribution >= 4 is 31.0 Å². The average Bonchev–Trinajstić information content (AvgIpc) is 2.93. The van der Waals surface area contributed by atoms with Crippen LogP contribution in [0.2, 0.25) is 76.4 Å². The molecule has 0 aliphatic heterocycles. The first-order valence-corrected chi connectivity index (χ1v) is 60.0. The normalized spacial score (nSPS) is 27.3. The van der Waals surface area contributed by atoms with E-state index in [4.69, 9.17) is 0 Å². The molecular weight excluding hydrogens is 555 g/mol. The van der Waals surface area contributed by atoms with E-state index in [-0.39, 0.29) is 6.34 Å². The molecule has 0 saturated heterocycles. The fourth-order valence-corrected chi connectivity index (χ4v) is 97.6. The summed E-state index contributed by atoms with van der Waals surface area (Å²) >= 11 is -4.86. The van der Waals surface area contributed by atoms with Crippen molar-refractivity contribution in [2.45, 2.75) is 76.4 Å². The molecule has 0 bridgehead atoms. The Balaban J connectivity index is 3.08. The zero-order valence-electron chi connectivity index (χ0n) is 20.5. The van der Waals surface area contributed by atoms with E-state index in [1.165, 1.54) is 26.9 Å². The van der Waals surface area contributed by atoms with E-state index in [2.05, 4.69) is 107 Å². The number of rotatable bonds is 6. The molecule has 27 heavy (non-hydrogen) atoms. The Morgan fingerprint density at radius 3 is 1.00 bits per heavy atom. The van der Waals surface area contributed by atoms with Crippen molar-refractivity contribution in [3.63, 3.8) is 0 Å². The Kier molecular flexibility index (Phi) is 3.98. The molecular formula is C22H48HfSi4. The van der Waals surface area contributed by atoms with Crippen molar-refractivity contribution < 1.29 is 12.4 Å². The van der Waals surface area contributed by atoms with Crippen LogP contribution in [0.15, 0.2) is 48.6 Å². The van der Waals surface area contributed by atoms with E-state index in [1.54, 1.807) is 0 Å². The average molecular weight is 603 g/mol. The Hall–Kier alpha value is 0.698. The predicted octanol–water partition coefficient (Wildman–Crippen LogP) is 6.28. The first-order valence-electron chi connectivity index (χ1n) is 11.1. The van der Waals surface area contributed by atoms with E-state index in [1.807, 2.05) is 0 Å². The molecule has 0 atom stereocenters. The second-order valence-electron chi connectivity index (χ2n) is 19.6. The molecule has 0 N–H and O–H groups in total. The first kappa shape index (κ1) is 24.0. The van der Waals surface area contributed by atoms with Crippen molar-refractivity contribution in [1.82, 2.24) is 0 Å². The standard InChI is InChI=1S/2C9H15Si.4CH3.Hf.2H3Si/c2*1-10(2,3)8-9-6-4-5-7-9;;;;;;;/h2*4-7H,8H2,1-3H3;4*1H3;;2*1H3. The third-order valence-electron chi connectivity index (χ3n) is 9.49. The van der Waals surface area contributed by atoms with Crippen LogP contribution in [0.1, 0.15) is 0 Å². The van der Waals surface area contributed by atoms with Crippen LogP contribution in [0.5, 0.6) is 0 Å². The zero-order valence-corrected chi connectivity index (χ0v) is 30.1. The van der Waals surface area contributed by atoms with Crippen LogP contribution in [0, 0.1) is 0 Å². The molecule has 0 unspecified atom stereocenters. The summed E-state index contributed by atoms with van der Waals surface area (Å²) in [7, 11) is 0.0111. The van der Waals surface area contributed by atoms with Crippen LogP contribution >= 0.6 is 0 Å². The molecule has 0 amide bonds. The summed E-state index contributed by atoms with van der Waals surface area (Å²) in [6.07, 6.45) is 20.4. The number of hydrogen-bond acceptors (Lipinski definition) is 0. The summed E-state index contributed by atoms with van der Waals surface area (Å²) in [4.78, 5) is 0. The van der Waals surface area contributed by atoms with Crippen LogP contribution in [0.3, 0.4) is 0 Å². The molecule has 0 aromatic carbocycles. The topological polar surface area (TPSA) is 0 Å². The van der Waals surface area contributed by atoms with Crippen molar-refractivity contribution in [3.8, 4) is 0 Å². The van der Waals surface area contributed by atoms with Crippen molar-refractivity contribution in [1.29, 1.82) is 0 Å². The van der Waals surface area contributed by atoms with Gasteiger partial charge in [0.15, 0.2) is 0 Å². The minimum absolute atomic E-state index is 0.248. The van der Waals surface area contributed by atoms with Crippen LogP contribution in [0.4, 0.5) is 0 Å². The Bertz CT molecular complexity index is 731. The molecule has 0 aromatic rings.